The summed E-state index contributed by atoms with van der Waals surface area (Å²) in [5.74, 6) is 0.948. The fraction of sp³-hybridized carbons (Fsp3) is 0.636. The van der Waals surface area contributed by atoms with Crippen LogP contribution in [0.25, 0.3) is 0 Å². The van der Waals surface area contributed by atoms with Crippen molar-refractivity contribution in [2.45, 2.75) is 63.6 Å². The quantitative estimate of drug-likeness (QED) is 0.253. The van der Waals surface area contributed by atoms with Gasteiger partial charge in [0.2, 0.25) is 0 Å². The van der Waals surface area contributed by atoms with Crippen molar-refractivity contribution in [3.63, 3.8) is 0 Å². The van der Waals surface area contributed by atoms with E-state index in [1.807, 2.05) is 6.92 Å². The Kier molecular flexibility index (Phi) is 13.8. The van der Waals surface area contributed by atoms with Crippen molar-refractivity contribution in [1.29, 1.82) is 0 Å². The van der Waals surface area contributed by atoms with Crippen LogP contribution in [-0.4, -0.2) is 96.9 Å². The molecule has 2 N–H and O–H groups in total. The summed E-state index contributed by atoms with van der Waals surface area (Å²) in [7, 11) is 3.45. The van der Waals surface area contributed by atoms with Crippen LogP contribution in [0.1, 0.15) is 48.8 Å². The van der Waals surface area contributed by atoms with Gasteiger partial charge in [0.25, 0.3) is 0 Å². The molecule has 0 aliphatic carbocycles. The maximum absolute atomic E-state index is 10.2. The number of fused-ring (bicyclic) bond motifs is 1. The molecule has 1 fully saturated rings. The molecule has 1 saturated heterocycles. The van der Waals surface area contributed by atoms with E-state index < -0.39 is 6.10 Å². The molecular weight excluding hydrogens is 536 g/mol. The molecule has 4 atom stereocenters. The van der Waals surface area contributed by atoms with E-state index in [-0.39, 0.29) is 18.1 Å². The second-order valence-corrected chi connectivity index (χ2v) is 11.1. The molecule has 0 bridgehead atoms. The van der Waals surface area contributed by atoms with Crippen LogP contribution in [0.5, 0.6) is 5.75 Å². The molecule has 0 saturated carbocycles. The number of benzene rings is 2. The minimum Gasteiger partial charge on any atom is -0.490 e. The van der Waals surface area contributed by atoms with E-state index >= 15 is 0 Å². The van der Waals surface area contributed by atoms with Gasteiger partial charge in [0.15, 0.2) is 0 Å². The third-order valence-electron chi connectivity index (χ3n) is 7.96. The summed E-state index contributed by atoms with van der Waals surface area (Å²) < 4.78 is 35.0. The Balaban J connectivity index is 1.44. The molecule has 9 nitrogen and oxygen atoms in total. The van der Waals surface area contributed by atoms with Crippen LogP contribution < -0.4 is 15.0 Å². The van der Waals surface area contributed by atoms with Crippen molar-refractivity contribution in [2.75, 3.05) is 78.3 Å². The predicted molar refractivity (Wildman–Crippen MR) is 163 cm³/mol. The summed E-state index contributed by atoms with van der Waals surface area (Å²) in [5.41, 5.74) is 4.53. The highest BCUT2D eigenvalue weighted by molar-refractivity contribution is 5.61. The highest BCUT2D eigenvalue weighted by atomic mass is 16.5. The number of rotatable bonds is 18. The number of hydrogen-bond donors (Lipinski definition) is 2. The highest BCUT2D eigenvalue weighted by Crippen LogP contribution is 2.34. The molecule has 234 valence electrons. The molecule has 9 heteroatoms. The molecule has 0 aromatic heterocycles. The fourth-order valence-electron chi connectivity index (χ4n) is 5.54. The van der Waals surface area contributed by atoms with Crippen LogP contribution in [-0.2, 0) is 36.9 Å². The number of piperidine rings is 1. The summed E-state index contributed by atoms with van der Waals surface area (Å²) in [6.07, 6.45) is 1.83. The largest absolute Gasteiger partial charge is 0.490 e. The summed E-state index contributed by atoms with van der Waals surface area (Å²) in [6.45, 7) is 9.38. The third-order valence-corrected chi connectivity index (χ3v) is 7.96. The van der Waals surface area contributed by atoms with Crippen LogP contribution in [0.4, 0.5) is 5.69 Å². The van der Waals surface area contributed by atoms with Crippen molar-refractivity contribution in [3.05, 3.63) is 59.2 Å². The average Bonchev–Trinajstić information content (AvgIpc) is 3.03. The van der Waals surface area contributed by atoms with E-state index in [0.29, 0.717) is 52.6 Å². The normalized spacial score (nSPS) is 21.1. The number of methoxy groups -OCH3 is 2. The lowest BCUT2D eigenvalue weighted by Crippen LogP contribution is -2.51. The van der Waals surface area contributed by atoms with Gasteiger partial charge in [-0.25, -0.2) is 0 Å². The number of ether oxygens (including phenoxy) is 6. The first-order chi connectivity index (χ1) is 20.6. The number of anilines is 1. The van der Waals surface area contributed by atoms with Gasteiger partial charge < -0.3 is 43.7 Å². The number of aliphatic hydroxyl groups excluding tert-OH is 1. The number of nitrogens with zero attached hydrogens (tertiary/aromatic N) is 1. The van der Waals surface area contributed by atoms with Gasteiger partial charge in [-0.3, -0.25) is 0 Å². The maximum atomic E-state index is 10.2. The van der Waals surface area contributed by atoms with E-state index in [1.54, 1.807) is 14.2 Å². The molecule has 0 spiro atoms. The molecule has 2 aromatic rings. The van der Waals surface area contributed by atoms with Crippen molar-refractivity contribution in [2.24, 2.45) is 0 Å². The molecule has 0 radical (unpaired) electrons. The van der Waals surface area contributed by atoms with Crippen LogP contribution in [0.2, 0.25) is 0 Å². The molecule has 42 heavy (non-hydrogen) atoms. The van der Waals surface area contributed by atoms with E-state index in [0.717, 1.165) is 61.6 Å². The Morgan fingerprint density at radius 3 is 2.43 bits per heavy atom. The topological polar surface area (TPSA) is 90.9 Å². The summed E-state index contributed by atoms with van der Waals surface area (Å²) in [6, 6.07) is 14.9. The standard InChI is InChI=1S/C33H50N2O7/c1-4-28(36)24-42-32-21-34-20-31(33(32)27-10-7-25(8-11-27)22-39-17-6-16-38-3)41-23-26-9-12-30-29(19-26)35(14-18-40-30)13-5-15-37-2/h7-12,19,28,31-34,36H,4-6,13-18,20-24H2,1-3H3/t28-,31-,32+,33+/m0/s1. The van der Waals surface area contributed by atoms with E-state index in [2.05, 4.69) is 52.7 Å². The van der Waals surface area contributed by atoms with Crippen molar-refractivity contribution >= 4 is 5.69 Å². The Hall–Kier alpha value is -2.24. The van der Waals surface area contributed by atoms with Crippen LogP contribution in [0.15, 0.2) is 42.5 Å². The van der Waals surface area contributed by atoms with Gasteiger partial charge in [-0.2, -0.15) is 0 Å². The third kappa shape index (κ3) is 9.64. The van der Waals surface area contributed by atoms with Gasteiger partial charge in [-0.1, -0.05) is 37.3 Å². The molecule has 0 amide bonds. The highest BCUT2D eigenvalue weighted by Gasteiger charge is 2.36. The molecule has 0 unspecified atom stereocenters. The molecule has 2 heterocycles. The molecule has 2 aromatic carbocycles. The van der Waals surface area contributed by atoms with Crippen molar-refractivity contribution in [1.82, 2.24) is 5.32 Å². The first kappa shape index (κ1) is 32.7. The average molecular weight is 587 g/mol. The van der Waals surface area contributed by atoms with Crippen molar-refractivity contribution in [3.8, 4) is 5.75 Å². The van der Waals surface area contributed by atoms with Crippen molar-refractivity contribution < 1.29 is 33.5 Å². The summed E-state index contributed by atoms with van der Waals surface area (Å²) in [4.78, 5) is 2.37. The van der Waals surface area contributed by atoms with Gasteiger partial charge in [0.05, 0.1) is 50.4 Å². The fourth-order valence-corrected chi connectivity index (χ4v) is 5.54. The predicted octanol–water partition coefficient (Wildman–Crippen LogP) is 3.90. The Morgan fingerprint density at radius 1 is 0.929 bits per heavy atom. The molecular formula is C33H50N2O7. The lowest BCUT2D eigenvalue weighted by atomic mass is 9.85. The zero-order valence-electron chi connectivity index (χ0n) is 25.6. The van der Waals surface area contributed by atoms with Crippen LogP contribution in [0.3, 0.4) is 0 Å². The van der Waals surface area contributed by atoms with Crippen LogP contribution >= 0.6 is 0 Å². The molecule has 2 aliphatic rings. The van der Waals surface area contributed by atoms with Gasteiger partial charge in [0, 0.05) is 59.6 Å². The smallest absolute Gasteiger partial charge is 0.142 e. The zero-order valence-corrected chi connectivity index (χ0v) is 25.6. The minimum atomic E-state index is -0.478. The Labute approximate surface area is 251 Å². The molecule has 4 rings (SSSR count). The first-order valence-corrected chi connectivity index (χ1v) is 15.4. The van der Waals surface area contributed by atoms with Gasteiger partial charge in [-0.05, 0) is 48.1 Å². The van der Waals surface area contributed by atoms with Gasteiger partial charge >= 0.3 is 0 Å². The Bertz CT molecular complexity index is 1040. The van der Waals surface area contributed by atoms with E-state index in [4.69, 9.17) is 28.4 Å². The number of aliphatic hydroxyl groups is 1. The van der Waals surface area contributed by atoms with E-state index in [9.17, 15) is 5.11 Å². The van der Waals surface area contributed by atoms with E-state index in [1.165, 1.54) is 5.56 Å². The zero-order chi connectivity index (χ0) is 29.6. The summed E-state index contributed by atoms with van der Waals surface area (Å²) >= 11 is 0. The summed E-state index contributed by atoms with van der Waals surface area (Å²) in [5, 5.41) is 13.7. The SMILES string of the molecule is CC[C@H](O)CO[C@@H]1CNC[C@H](OCc2ccc3c(c2)N(CCCOC)CCO3)[C@H]1c1ccc(COCCCOC)cc1. The minimum absolute atomic E-state index is 0.0264. The van der Waals surface area contributed by atoms with Crippen LogP contribution in [0, 0.1) is 0 Å². The maximum Gasteiger partial charge on any atom is 0.142 e. The van der Waals surface area contributed by atoms with Gasteiger partial charge in [-0.15, -0.1) is 0 Å². The second-order valence-electron chi connectivity index (χ2n) is 11.1. The lowest BCUT2D eigenvalue weighted by molar-refractivity contribution is -0.0777. The monoisotopic (exact) mass is 586 g/mol. The lowest BCUT2D eigenvalue weighted by Gasteiger charge is -2.39. The van der Waals surface area contributed by atoms with Gasteiger partial charge in [0.1, 0.15) is 12.4 Å². The number of nitrogens with one attached hydrogen (secondary N) is 1. The molecule has 2 aliphatic heterocycles. The number of hydrogen-bond acceptors (Lipinski definition) is 9. The second kappa shape index (κ2) is 17.8. The Morgan fingerprint density at radius 2 is 1.67 bits per heavy atom. The first-order valence-electron chi connectivity index (χ1n) is 15.4.